The summed E-state index contributed by atoms with van der Waals surface area (Å²) in [6.07, 6.45) is 2.62. The monoisotopic (exact) mass is 306 g/mol. The standard InChI is InChI=1S/C21H26N2/c1-2-3-12-22-13-15-23(16-14-22)21-19-10-6-4-8-17(19)18-9-5-7-11-20(18)21/h4-11,21H,2-3,12-16H2,1H3. The summed E-state index contributed by atoms with van der Waals surface area (Å²) in [6.45, 7) is 8.32. The highest BCUT2D eigenvalue weighted by Crippen LogP contribution is 2.46. The van der Waals surface area contributed by atoms with Crippen LogP contribution < -0.4 is 0 Å². The number of hydrogen-bond acceptors (Lipinski definition) is 2. The number of benzene rings is 2. The number of rotatable bonds is 4. The molecule has 0 aromatic heterocycles. The first-order chi connectivity index (χ1) is 11.4. The molecule has 2 aromatic rings. The van der Waals surface area contributed by atoms with Crippen LogP contribution in [-0.4, -0.2) is 42.5 Å². The van der Waals surface area contributed by atoms with E-state index < -0.39 is 0 Å². The fraction of sp³-hybridized carbons (Fsp3) is 0.429. The van der Waals surface area contributed by atoms with Crippen LogP contribution in [0.25, 0.3) is 11.1 Å². The van der Waals surface area contributed by atoms with Crippen molar-refractivity contribution in [1.29, 1.82) is 0 Å². The Balaban J connectivity index is 1.58. The van der Waals surface area contributed by atoms with Crippen LogP contribution >= 0.6 is 0 Å². The van der Waals surface area contributed by atoms with E-state index in [1.807, 2.05) is 0 Å². The second kappa shape index (κ2) is 6.46. The largest absolute Gasteiger partial charge is 0.301 e. The molecule has 1 aliphatic carbocycles. The Hall–Kier alpha value is -1.64. The van der Waals surface area contributed by atoms with Crippen LogP contribution in [-0.2, 0) is 0 Å². The van der Waals surface area contributed by atoms with Gasteiger partial charge in [-0.05, 0) is 35.2 Å². The first-order valence-electron chi connectivity index (χ1n) is 9.03. The highest BCUT2D eigenvalue weighted by Gasteiger charge is 2.33. The summed E-state index contributed by atoms with van der Waals surface area (Å²) in [6, 6.07) is 18.4. The third kappa shape index (κ3) is 2.71. The highest BCUT2D eigenvalue weighted by atomic mass is 15.3. The molecule has 0 atom stereocenters. The molecule has 2 nitrogen and oxygen atoms in total. The molecule has 0 unspecified atom stereocenters. The first-order valence-corrected chi connectivity index (χ1v) is 9.03. The second-order valence-electron chi connectivity index (χ2n) is 6.81. The van der Waals surface area contributed by atoms with Gasteiger partial charge in [-0.1, -0.05) is 61.9 Å². The molecule has 23 heavy (non-hydrogen) atoms. The molecule has 0 spiro atoms. The fourth-order valence-corrected chi connectivity index (χ4v) is 4.15. The van der Waals surface area contributed by atoms with E-state index in [4.69, 9.17) is 0 Å². The summed E-state index contributed by atoms with van der Waals surface area (Å²) < 4.78 is 0. The van der Waals surface area contributed by atoms with Crippen LogP contribution in [0.15, 0.2) is 48.5 Å². The number of piperazine rings is 1. The Morgan fingerprint density at radius 2 is 1.39 bits per heavy atom. The molecular weight excluding hydrogens is 280 g/mol. The van der Waals surface area contributed by atoms with Gasteiger partial charge in [-0.2, -0.15) is 0 Å². The molecule has 0 saturated carbocycles. The van der Waals surface area contributed by atoms with E-state index in [9.17, 15) is 0 Å². The minimum atomic E-state index is 0.454. The van der Waals surface area contributed by atoms with Crippen LogP contribution in [0.3, 0.4) is 0 Å². The van der Waals surface area contributed by atoms with Crippen molar-refractivity contribution in [3.05, 3.63) is 59.7 Å². The van der Waals surface area contributed by atoms with Crippen molar-refractivity contribution in [1.82, 2.24) is 9.80 Å². The van der Waals surface area contributed by atoms with E-state index in [1.54, 1.807) is 0 Å². The zero-order valence-electron chi connectivity index (χ0n) is 14.0. The molecule has 2 aromatic carbocycles. The van der Waals surface area contributed by atoms with Crippen LogP contribution in [0, 0.1) is 0 Å². The molecule has 0 bridgehead atoms. The zero-order valence-corrected chi connectivity index (χ0v) is 14.0. The molecule has 120 valence electrons. The minimum absolute atomic E-state index is 0.454. The Morgan fingerprint density at radius 1 is 0.826 bits per heavy atom. The lowest BCUT2D eigenvalue weighted by Crippen LogP contribution is -2.47. The van der Waals surface area contributed by atoms with Crippen molar-refractivity contribution in [3.8, 4) is 11.1 Å². The zero-order chi connectivity index (χ0) is 15.6. The van der Waals surface area contributed by atoms with Gasteiger partial charge in [-0.15, -0.1) is 0 Å². The van der Waals surface area contributed by atoms with Gasteiger partial charge >= 0.3 is 0 Å². The Kier molecular flexibility index (Phi) is 4.19. The number of nitrogens with zero attached hydrogens (tertiary/aromatic N) is 2. The maximum absolute atomic E-state index is 2.69. The van der Waals surface area contributed by atoms with E-state index >= 15 is 0 Å². The summed E-state index contributed by atoms with van der Waals surface area (Å²) >= 11 is 0. The Morgan fingerprint density at radius 3 is 1.96 bits per heavy atom. The molecule has 1 heterocycles. The molecular formula is C21H26N2. The minimum Gasteiger partial charge on any atom is -0.301 e. The molecule has 2 aliphatic rings. The van der Waals surface area contributed by atoms with Crippen molar-refractivity contribution in [2.45, 2.75) is 25.8 Å². The van der Waals surface area contributed by atoms with E-state index in [1.165, 1.54) is 67.8 Å². The lowest BCUT2D eigenvalue weighted by atomic mass is 10.0. The van der Waals surface area contributed by atoms with Crippen molar-refractivity contribution in [3.63, 3.8) is 0 Å². The van der Waals surface area contributed by atoms with Gasteiger partial charge < -0.3 is 4.90 Å². The molecule has 1 aliphatic heterocycles. The number of hydrogen-bond donors (Lipinski definition) is 0. The van der Waals surface area contributed by atoms with Crippen molar-refractivity contribution in [2.24, 2.45) is 0 Å². The van der Waals surface area contributed by atoms with Gasteiger partial charge in [0.15, 0.2) is 0 Å². The summed E-state index contributed by atoms with van der Waals surface area (Å²) in [5.41, 5.74) is 5.86. The number of unbranched alkanes of at least 4 members (excludes halogenated alkanes) is 1. The van der Waals surface area contributed by atoms with Gasteiger partial charge in [0.2, 0.25) is 0 Å². The molecule has 0 N–H and O–H groups in total. The lowest BCUT2D eigenvalue weighted by Gasteiger charge is -2.38. The predicted molar refractivity (Wildman–Crippen MR) is 96.6 cm³/mol. The average molecular weight is 306 g/mol. The quantitative estimate of drug-likeness (QED) is 0.836. The normalized spacial score (nSPS) is 18.8. The maximum atomic E-state index is 2.69. The summed E-state index contributed by atoms with van der Waals surface area (Å²) in [5.74, 6) is 0. The molecule has 0 radical (unpaired) electrons. The SMILES string of the molecule is CCCCN1CCN(C2c3ccccc3-c3ccccc32)CC1. The van der Waals surface area contributed by atoms with E-state index in [2.05, 4.69) is 65.3 Å². The van der Waals surface area contributed by atoms with Crippen LogP contribution in [0.2, 0.25) is 0 Å². The topological polar surface area (TPSA) is 6.48 Å². The molecule has 1 fully saturated rings. The number of fused-ring (bicyclic) bond motifs is 3. The molecule has 4 rings (SSSR count). The third-order valence-electron chi connectivity index (χ3n) is 5.40. The summed E-state index contributed by atoms with van der Waals surface area (Å²) in [5, 5.41) is 0. The van der Waals surface area contributed by atoms with Gasteiger partial charge in [0.25, 0.3) is 0 Å². The smallest absolute Gasteiger partial charge is 0.0614 e. The maximum Gasteiger partial charge on any atom is 0.0614 e. The fourth-order valence-electron chi connectivity index (χ4n) is 4.15. The lowest BCUT2D eigenvalue weighted by molar-refractivity contribution is 0.110. The van der Waals surface area contributed by atoms with Gasteiger partial charge in [0, 0.05) is 26.2 Å². The van der Waals surface area contributed by atoms with Gasteiger partial charge in [0.1, 0.15) is 0 Å². The average Bonchev–Trinajstić information content (AvgIpc) is 2.95. The van der Waals surface area contributed by atoms with Crippen molar-refractivity contribution >= 4 is 0 Å². The van der Waals surface area contributed by atoms with Crippen molar-refractivity contribution in [2.75, 3.05) is 32.7 Å². The van der Waals surface area contributed by atoms with Gasteiger partial charge in [-0.25, -0.2) is 0 Å². The van der Waals surface area contributed by atoms with E-state index in [-0.39, 0.29) is 0 Å². The van der Waals surface area contributed by atoms with Gasteiger partial charge in [0.05, 0.1) is 6.04 Å². The highest BCUT2D eigenvalue weighted by molar-refractivity contribution is 5.78. The molecule has 1 saturated heterocycles. The predicted octanol–water partition coefficient (Wildman–Crippen LogP) is 4.17. The Labute approximate surface area is 139 Å². The Bertz CT molecular complexity index is 626. The summed E-state index contributed by atoms with van der Waals surface area (Å²) in [4.78, 5) is 5.32. The summed E-state index contributed by atoms with van der Waals surface area (Å²) in [7, 11) is 0. The molecule has 2 heteroatoms. The van der Waals surface area contributed by atoms with Crippen molar-refractivity contribution < 1.29 is 0 Å². The van der Waals surface area contributed by atoms with Crippen LogP contribution in [0.5, 0.6) is 0 Å². The van der Waals surface area contributed by atoms with Crippen LogP contribution in [0.4, 0.5) is 0 Å². The van der Waals surface area contributed by atoms with Crippen LogP contribution in [0.1, 0.15) is 36.9 Å². The van der Waals surface area contributed by atoms with Gasteiger partial charge in [-0.3, -0.25) is 4.90 Å². The second-order valence-corrected chi connectivity index (χ2v) is 6.81. The first kappa shape index (κ1) is 14.9. The molecule has 0 amide bonds. The van der Waals surface area contributed by atoms with E-state index in [0.29, 0.717) is 6.04 Å². The van der Waals surface area contributed by atoms with E-state index in [0.717, 1.165) is 0 Å². The third-order valence-corrected chi connectivity index (χ3v) is 5.40.